The number of nitrogens with zero attached hydrogens (tertiary/aromatic N) is 2. The van der Waals surface area contributed by atoms with Crippen LogP contribution in [0.1, 0.15) is 23.1 Å². The van der Waals surface area contributed by atoms with Crippen molar-refractivity contribution in [2.45, 2.75) is 19.9 Å². The lowest BCUT2D eigenvalue weighted by Gasteiger charge is -2.09. The molecule has 6 nitrogen and oxygen atoms in total. The van der Waals surface area contributed by atoms with E-state index in [2.05, 4.69) is 36.5 Å². The first-order valence-corrected chi connectivity index (χ1v) is 11.7. The quantitative estimate of drug-likeness (QED) is 0.562. The van der Waals surface area contributed by atoms with Gasteiger partial charge in [0.1, 0.15) is 0 Å². The van der Waals surface area contributed by atoms with E-state index in [1.807, 2.05) is 42.5 Å². The molecule has 7 heteroatoms. The van der Waals surface area contributed by atoms with Crippen molar-refractivity contribution >= 4 is 39.8 Å². The Bertz CT molecular complexity index is 1250. The molecule has 5 rings (SSSR count). The SMILES string of the molecule is Cc1ccc(C2=Nc3ccccc3N=C(SCC(=O)NCc3ccc4c(c3)OCO4)C2)cc1. The van der Waals surface area contributed by atoms with Crippen LogP contribution in [0.3, 0.4) is 0 Å². The van der Waals surface area contributed by atoms with Gasteiger partial charge < -0.3 is 14.8 Å². The third-order valence-electron chi connectivity index (χ3n) is 5.38. The number of hydrogen-bond acceptors (Lipinski definition) is 6. The number of hydrogen-bond donors (Lipinski definition) is 1. The normalized spacial score (nSPS) is 14.1. The fourth-order valence-corrected chi connectivity index (χ4v) is 4.40. The lowest BCUT2D eigenvalue weighted by Crippen LogP contribution is -2.25. The Kier molecular flexibility index (Phi) is 6.13. The second-order valence-corrected chi connectivity index (χ2v) is 8.90. The van der Waals surface area contributed by atoms with Gasteiger partial charge >= 0.3 is 0 Å². The summed E-state index contributed by atoms with van der Waals surface area (Å²) in [7, 11) is 0. The molecule has 0 unspecified atom stereocenters. The second kappa shape index (κ2) is 9.50. The van der Waals surface area contributed by atoms with E-state index in [0.29, 0.717) is 18.7 Å². The number of carbonyl (C=O) groups is 1. The van der Waals surface area contributed by atoms with Gasteiger partial charge in [-0.05, 0) is 42.3 Å². The minimum atomic E-state index is -0.0493. The molecular formula is C26H23N3O3S. The zero-order valence-corrected chi connectivity index (χ0v) is 19.0. The van der Waals surface area contributed by atoms with E-state index in [4.69, 9.17) is 19.5 Å². The molecule has 166 valence electrons. The highest BCUT2D eigenvalue weighted by Gasteiger charge is 2.17. The molecule has 33 heavy (non-hydrogen) atoms. The van der Waals surface area contributed by atoms with E-state index >= 15 is 0 Å². The van der Waals surface area contributed by atoms with Gasteiger partial charge in [0.15, 0.2) is 11.5 Å². The van der Waals surface area contributed by atoms with E-state index in [0.717, 1.165) is 39.0 Å². The van der Waals surface area contributed by atoms with Crippen LogP contribution in [-0.2, 0) is 11.3 Å². The van der Waals surface area contributed by atoms with Crippen molar-refractivity contribution in [2.24, 2.45) is 9.98 Å². The number of benzene rings is 3. The molecule has 0 aliphatic carbocycles. The molecule has 0 aromatic heterocycles. The number of aliphatic imine (C=N–C) groups is 2. The Morgan fingerprint density at radius 3 is 2.55 bits per heavy atom. The maximum absolute atomic E-state index is 12.5. The van der Waals surface area contributed by atoms with Crippen LogP contribution in [0, 0.1) is 6.92 Å². The maximum Gasteiger partial charge on any atom is 0.231 e. The van der Waals surface area contributed by atoms with Crippen molar-refractivity contribution in [3.63, 3.8) is 0 Å². The predicted octanol–water partition coefficient (Wildman–Crippen LogP) is 5.33. The van der Waals surface area contributed by atoms with Crippen LogP contribution in [-0.4, -0.2) is 29.2 Å². The summed E-state index contributed by atoms with van der Waals surface area (Å²) < 4.78 is 10.7. The molecule has 2 aliphatic rings. The van der Waals surface area contributed by atoms with Crippen LogP contribution < -0.4 is 14.8 Å². The maximum atomic E-state index is 12.5. The zero-order valence-electron chi connectivity index (χ0n) is 18.2. The first-order chi connectivity index (χ1) is 16.1. The average Bonchev–Trinajstić information content (AvgIpc) is 3.21. The molecule has 0 fully saturated rings. The summed E-state index contributed by atoms with van der Waals surface area (Å²) in [6.07, 6.45) is 0.581. The van der Waals surface area contributed by atoms with Gasteiger partial charge in [-0.2, -0.15) is 0 Å². The molecule has 2 heterocycles. The number of thioether (sulfide) groups is 1. The molecule has 2 aliphatic heterocycles. The number of ether oxygens (including phenoxy) is 2. The van der Waals surface area contributed by atoms with E-state index in [1.165, 1.54) is 17.3 Å². The Morgan fingerprint density at radius 2 is 1.73 bits per heavy atom. The molecule has 1 amide bonds. The third-order valence-corrected chi connectivity index (χ3v) is 6.36. The van der Waals surface area contributed by atoms with Gasteiger partial charge in [0.05, 0.1) is 27.9 Å². The van der Waals surface area contributed by atoms with Crippen LogP contribution in [0.15, 0.2) is 76.7 Å². The number of rotatable bonds is 5. The molecular weight excluding hydrogens is 434 g/mol. The van der Waals surface area contributed by atoms with Crippen LogP contribution in [0.25, 0.3) is 0 Å². The Morgan fingerprint density at radius 1 is 0.970 bits per heavy atom. The number of aryl methyl sites for hydroxylation is 1. The number of fused-ring (bicyclic) bond motifs is 2. The first-order valence-electron chi connectivity index (χ1n) is 10.7. The van der Waals surface area contributed by atoms with Gasteiger partial charge in [-0.15, -0.1) is 11.8 Å². The van der Waals surface area contributed by atoms with Gasteiger partial charge in [-0.25, -0.2) is 4.99 Å². The highest BCUT2D eigenvalue weighted by molar-refractivity contribution is 8.14. The fourth-order valence-electron chi connectivity index (χ4n) is 3.60. The highest BCUT2D eigenvalue weighted by atomic mass is 32.2. The summed E-state index contributed by atoms with van der Waals surface area (Å²) >= 11 is 1.45. The second-order valence-electron chi connectivity index (χ2n) is 7.85. The molecule has 0 atom stereocenters. The van der Waals surface area contributed by atoms with Gasteiger partial charge in [-0.3, -0.25) is 9.79 Å². The van der Waals surface area contributed by atoms with Crippen molar-refractivity contribution in [3.8, 4) is 11.5 Å². The zero-order chi connectivity index (χ0) is 22.6. The third kappa shape index (κ3) is 5.09. The molecule has 3 aromatic carbocycles. The average molecular weight is 458 g/mol. The predicted molar refractivity (Wildman–Crippen MR) is 132 cm³/mol. The van der Waals surface area contributed by atoms with Crippen LogP contribution in [0.5, 0.6) is 11.5 Å². The molecule has 1 N–H and O–H groups in total. The van der Waals surface area contributed by atoms with E-state index in [-0.39, 0.29) is 18.5 Å². The fraction of sp³-hybridized carbons (Fsp3) is 0.192. The lowest BCUT2D eigenvalue weighted by atomic mass is 10.1. The number of carbonyl (C=O) groups excluding carboxylic acids is 1. The van der Waals surface area contributed by atoms with Crippen molar-refractivity contribution in [2.75, 3.05) is 12.5 Å². The molecule has 3 aromatic rings. The van der Waals surface area contributed by atoms with Crippen LogP contribution in [0.4, 0.5) is 11.4 Å². The van der Waals surface area contributed by atoms with Gasteiger partial charge in [0.25, 0.3) is 0 Å². The highest BCUT2D eigenvalue weighted by Crippen LogP contribution is 2.34. The lowest BCUT2D eigenvalue weighted by molar-refractivity contribution is -0.118. The minimum absolute atomic E-state index is 0.0493. The van der Waals surface area contributed by atoms with E-state index < -0.39 is 0 Å². The number of para-hydroxylation sites is 2. The topological polar surface area (TPSA) is 72.3 Å². The van der Waals surface area contributed by atoms with Crippen molar-refractivity contribution in [1.29, 1.82) is 0 Å². The summed E-state index contributed by atoms with van der Waals surface area (Å²) in [5.74, 6) is 1.68. The summed E-state index contributed by atoms with van der Waals surface area (Å²) in [6.45, 7) is 2.74. The van der Waals surface area contributed by atoms with Gasteiger partial charge in [0.2, 0.25) is 12.7 Å². The van der Waals surface area contributed by atoms with Crippen molar-refractivity contribution in [3.05, 3.63) is 83.4 Å². The Balaban J connectivity index is 1.25. The Labute approximate surface area is 196 Å². The minimum Gasteiger partial charge on any atom is -0.454 e. The Hall–Kier alpha value is -3.58. The molecule has 0 radical (unpaired) electrons. The standard InChI is InChI=1S/C26H23N3O3S/c1-17-6-9-19(10-7-17)22-13-26(29-21-5-3-2-4-20(21)28-22)33-15-25(30)27-14-18-8-11-23-24(12-18)32-16-31-23/h2-12H,13-16H2,1H3,(H,27,30). The van der Waals surface area contributed by atoms with Crippen LogP contribution >= 0.6 is 11.8 Å². The first kappa shape index (κ1) is 21.3. The molecule has 0 saturated heterocycles. The summed E-state index contributed by atoms with van der Waals surface area (Å²) in [5, 5.41) is 3.84. The van der Waals surface area contributed by atoms with Crippen molar-refractivity contribution < 1.29 is 14.3 Å². The summed E-state index contributed by atoms with van der Waals surface area (Å²) in [4.78, 5) is 22.2. The van der Waals surface area contributed by atoms with E-state index in [9.17, 15) is 4.79 Å². The van der Waals surface area contributed by atoms with Gasteiger partial charge in [-0.1, -0.05) is 48.0 Å². The van der Waals surface area contributed by atoms with Crippen molar-refractivity contribution in [1.82, 2.24) is 5.32 Å². The van der Waals surface area contributed by atoms with Crippen LogP contribution in [0.2, 0.25) is 0 Å². The molecule has 0 spiro atoms. The molecule has 0 saturated carbocycles. The van der Waals surface area contributed by atoms with E-state index in [1.54, 1.807) is 0 Å². The number of amides is 1. The number of nitrogens with one attached hydrogen (secondary N) is 1. The summed E-state index contributed by atoms with van der Waals surface area (Å²) in [6, 6.07) is 21.9. The largest absolute Gasteiger partial charge is 0.454 e. The monoisotopic (exact) mass is 457 g/mol. The summed E-state index contributed by atoms with van der Waals surface area (Å²) in [5.41, 5.74) is 5.85. The smallest absolute Gasteiger partial charge is 0.231 e. The van der Waals surface area contributed by atoms with Gasteiger partial charge in [0, 0.05) is 13.0 Å². The molecule has 0 bridgehead atoms.